The third-order valence-electron chi connectivity index (χ3n) is 4.08. The van der Waals surface area contributed by atoms with E-state index in [0.29, 0.717) is 23.8 Å². The second-order valence-electron chi connectivity index (χ2n) is 5.92. The lowest BCUT2D eigenvalue weighted by molar-refractivity contribution is -0.126. The maximum Gasteiger partial charge on any atom is 0.337 e. The number of hydrogen-bond acceptors (Lipinski definition) is 7. The summed E-state index contributed by atoms with van der Waals surface area (Å²) in [6.07, 6.45) is 0.158. The summed E-state index contributed by atoms with van der Waals surface area (Å²) in [4.78, 5) is 37.4. The number of carbonyl (C=O) groups is 3. The summed E-state index contributed by atoms with van der Waals surface area (Å²) in [6.45, 7) is 2.45. The van der Waals surface area contributed by atoms with Gasteiger partial charge in [-0.2, -0.15) is 0 Å². The van der Waals surface area contributed by atoms with Crippen LogP contribution in [0.3, 0.4) is 0 Å². The highest BCUT2D eigenvalue weighted by Crippen LogP contribution is 2.27. The lowest BCUT2D eigenvalue weighted by atomic mass is 10.1. The second kappa shape index (κ2) is 7.61. The first-order valence-electron chi connectivity index (χ1n) is 8.03. The molecule has 1 aliphatic heterocycles. The van der Waals surface area contributed by atoms with Crippen molar-refractivity contribution in [3.63, 3.8) is 0 Å². The normalized spacial score (nSPS) is 16.6. The maximum atomic E-state index is 12.4. The van der Waals surface area contributed by atoms with Crippen molar-refractivity contribution in [3.8, 4) is 0 Å². The number of methoxy groups -OCH3 is 1. The minimum Gasteiger partial charge on any atom is -0.465 e. The van der Waals surface area contributed by atoms with Crippen LogP contribution < -0.4 is 10.2 Å². The summed E-state index contributed by atoms with van der Waals surface area (Å²) in [6, 6.07) is 6.79. The van der Waals surface area contributed by atoms with Gasteiger partial charge in [0, 0.05) is 19.5 Å². The molecule has 1 aromatic heterocycles. The predicted octanol–water partition coefficient (Wildman–Crippen LogP) is 1.30. The molecule has 1 aliphatic rings. The molecule has 1 aromatic carbocycles. The monoisotopic (exact) mass is 374 g/mol. The molecule has 0 aliphatic carbocycles. The van der Waals surface area contributed by atoms with Crippen LogP contribution in [0.15, 0.2) is 24.3 Å². The van der Waals surface area contributed by atoms with Crippen molar-refractivity contribution in [3.05, 3.63) is 40.4 Å². The highest BCUT2D eigenvalue weighted by atomic mass is 32.1. The summed E-state index contributed by atoms with van der Waals surface area (Å²) in [5.74, 6) is -1.12. The Morgan fingerprint density at radius 3 is 2.65 bits per heavy atom. The van der Waals surface area contributed by atoms with Gasteiger partial charge in [0.15, 0.2) is 0 Å². The fourth-order valence-electron chi connectivity index (χ4n) is 2.67. The lowest BCUT2D eigenvalue weighted by Gasteiger charge is -2.12. The number of rotatable bonds is 5. The van der Waals surface area contributed by atoms with Crippen LogP contribution in [0.1, 0.15) is 27.3 Å². The number of anilines is 1. The Balaban J connectivity index is 1.55. The van der Waals surface area contributed by atoms with E-state index >= 15 is 0 Å². The van der Waals surface area contributed by atoms with Crippen molar-refractivity contribution in [1.29, 1.82) is 0 Å². The molecular formula is C17H18N4O4S. The van der Waals surface area contributed by atoms with Gasteiger partial charge in [0.25, 0.3) is 0 Å². The second-order valence-corrected chi connectivity index (χ2v) is 7.08. The fraction of sp³-hybridized carbons (Fsp3) is 0.353. The molecule has 0 radical (unpaired) electrons. The molecule has 1 atom stereocenters. The topological polar surface area (TPSA) is 101 Å². The molecule has 1 saturated heterocycles. The average molecular weight is 374 g/mol. The van der Waals surface area contributed by atoms with Crippen LogP contribution in [0, 0.1) is 12.8 Å². The van der Waals surface area contributed by atoms with E-state index in [-0.39, 0.29) is 18.2 Å². The number of nitrogens with one attached hydrogen (secondary N) is 1. The molecule has 2 amide bonds. The van der Waals surface area contributed by atoms with Crippen molar-refractivity contribution < 1.29 is 19.1 Å². The summed E-state index contributed by atoms with van der Waals surface area (Å²) >= 11 is 1.33. The number of ether oxygens (including phenoxy) is 1. The third kappa shape index (κ3) is 3.88. The number of carbonyl (C=O) groups excluding carboxylic acids is 3. The number of nitrogens with zero attached hydrogens (tertiary/aromatic N) is 3. The Kier molecular flexibility index (Phi) is 5.27. The summed E-state index contributed by atoms with van der Waals surface area (Å²) in [7, 11) is 1.33. The van der Waals surface area contributed by atoms with Gasteiger partial charge in [-0.3, -0.25) is 14.5 Å². The van der Waals surface area contributed by atoms with E-state index in [9.17, 15) is 14.4 Å². The highest BCUT2D eigenvalue weighted by molar-refractivity contribution is 7.15. The Bertz CT molecular complexity index is 834. The molecule has 0 saturated carbocycles. The van der Waals surface area contributed by atoms with Crippen molar-refractivity contribution >= 4 is 34.3 Å². The Labute approximate surface area is 154 Å². The molecule has 1 N–H and O–H groups in total. The minimum absolute atomic E-state index is 0.122. The zero-order chi connectivity index (χ0) is 18.7. The molecule has 0 bridgehead atoms. The van der Waals surface area contributed by atoms with Gasteiger partial charge in [0.1, 0.15) is 5.01 Å². The molecule has 9 heteroatoms. The smallest absolute Gasteiger partial charge is 0.337 e. The molecule has 0 spiro atoms. The molecule has 1 fully saturated rings. The Morgan fingerprint density at radius 2 is 2.04 bits per heavy atom. The lowest BCUT2D eigenvalue weighted by Crippen LogP contribution is -2.32. The number of hydrogen-bond donors (Lipinski definition) is 1. The molecule has 8 nitrogen and oxygen atoms in total. The van der Waals surface area contributed by atoms with Crippen molar-refractivity contribution in [2.24, 2.45) is 5.92 Å². The van der Waals surface area contributed by atoms with E-state index in [1.54, 1.807) is 24.3 Å². The first-order chi connectivity index (χ1) is 12.5. The Hall–Kier alpha value is -2.81. The number of amides is 2. The molecule has 26 heavy (non-hydrogen) atoms. The van der Waals surface area contributed by atoms with Crippen LogP contribution in [0.2, 0.25) is 0 Å². The van der Waals surface area contributed by atoms with Gasteiger partial charge in [-0.15, -0.1) is 10.2 Å². The van der Waals surface area contributed by atoms with Crippen molar-refractivity contribution in [1.82, 2.24) is 15.5 Å². The van der Waals surface area contributed by atoms with E-state index in [1.165, 1.54) is 23.3 Å². The standard InChI is InChI=1S/C17H18N4O4S/c1-10-19-20-17(26-10)21-9-13(7-14(21)22)15(23)18-8-11-3-5-12(6-4-11)16(24)25-2/h3-6,13H,7-9H2,1-2H3,(H,18,23). The van der Waals surface area contributed by atoms with Crippen LogP contribution in [-0.2, 0) is 20.9 Å². The quantitative estimate of drug-likeness (QED) is 0.792. The van der Waals surface area contributed by atoms with Gasteiger partial charge < -0.3 is 10.1 Å². The number of esters is 1. The van der Waals surface area contributed by atoms with Crippen LogP contribution in [0.5, 0.6) is 0 Å². The summed E-state index contributed by atoms with van der Waals surface area (Å²) < 4.78 is 4.65. The van der Waals surface area contributed by atoms with Crippen molar-refractivity contribution in [2.75, 3.05) is 18.6 Å². The first-order valence-corrected chi connectivity index (χ1v) is 8.85. The van der Waals surface area contributed by atoms with Crippen LogP contribution in [0.4, 0.5) is 5.13 Å². The average Bonchev–Trinajstić information content (AvgIpc) is 3.25. The third-order valence-corrected chi connectivity index (χ3v) is 4.95. The van der Waals surface area contributed by atoms with Gasteiger partial charge in [-0.25, -0.2) is 4.79 Å². The van der Waals surface area contributed by atoms with Gasteiger partial charge >= 0.3 is 5.97 Å². The van der Waals surface area contributed by atoms with E-state index in [4.69, 9.17) is 0 Å². The van der Waals surface area contributed by atoms with Gasteiger partial charge in [0.05, 0.1) is 18.6 Å². The number of aromatic nitrogens is 2. The zero-order valence-electron chi connectivity index (χ0n) is 14.4. The SMILES string of the molecule is COC(=O)c1ccc(CNC(=O)C2CC(=O)N(c3nnc(C)s3)C2)cc1. The maximum absolute atomic E-state index is 12.4. The molecule has 136 valence electrons. The largest absolute Gasteiger partial charge is 0.465 e. The zero-order valence-corrected chi connectivity index (χ0v) is 15.2. The van der Waals surface area contributed by atoms with Crippen LogP contribution in [-0.4, -0.2) is 41.6 Å². The first kappa shape index (κ1) is 18.0. The van der Waals surface area contributed by atoms with Crippen molar-refractivity contribution in [2.45, 2.75) is 19.9 Å². The number of aryl methyl sites for hydroxylation is 1. The van der Waals surface area contributed by atoms with E-state index in [2.05, 4.69) is 20.3 Å². The van der Waals surface area contributed by atoms with Gasteiger partial charge in [0.2, 0.25) is 16.9 Å². The fourth-order valence-corrected chi connectivity index (χ4v) is 3.39. The Morgan fingerprint density at radius 1 is 1.31 bits per heavy atom. The van der Waals surface area contributed by atoms with Crippen LogP contribution >= 0.6 is 11.3 Å². The van der Waals surface area contributed by atoms with E-state index in [1.807, 2.05) is 6.92 Å². The highest BCUT2D eigenvalue weighted by Gasteiger charge is 2.36. The van der Waals surface area contributed by atoms with Crippen LogP contribution in [0.25, 0.3) is 0 Å². The molecule has 2 heterocycles. The summed E-state index contributed by atoms with van der Waals surface area (Å²) in [5.41, 5.74) is 1.30. The number of benzene rings is 1. The van der Waals surface area contributed by atoms with Gasteiger partial charge in [-0.1, -0.05) is 23.5 Å². The molecule has 3 rings (SSSR count). The molecular weight excluding hydrogens is 356 g/mol. The molecule has 1 unspecified atom stereocenters. The van der Waals surface area contributed by atoms with E-state index < -0.39 is 11.9 Å². The van der Waals surface area contributed by atoms with E-state index in [0.717, 1.165) is 10.6 Å². The molecule has 2 aromatic rings. The summed E-state index contributed by atoms with van der Waals surface area (Å²) in [5, 5.41) is 12.0. The predicted molar refractivity (Wildman–Crippen MR) is 94.7 cm³/mol. The van der Waals surface area contributed by atoms with Gasteiger partial charge in [-0.05, 0) is 24.6 Å². The minimum atomic E-state index is -0.416.